The largest absolute Gasteiger partial charge is 0.477 e. The number of aromatic nitrogens is 3. The Balaban J connectivity index is 1.71. The lowest BCUT2D eigenvalue weighted by Crippen LogP contribution is -2.24. The van der Waals surface area contributed by atoms with Gasteiger partial charge in [-0.2, -0.15) is 9.97 Å². The summed E-state index contributed by atoms with van der Waals surface area (Å²) >= 11 is 7.60. The molecule has 3 heterocycles. The number of carbonyl (C=O) groups excluding carboxylic acids is 1. The second-order valence-corrected chi connectivity index (χ2v) is 8.62. The molecular weight excluding hydrogens is 402 g/mol. The van der Waals surface area contributed by atoms with Gasteiger partial charge in [0, 0.05) is 23.9 Å². The minimum atomic E-state index is -0.595. The van der Waals surface area contributed by atoms with Gasteiger partial charge in [0.15, 0.2) is 5.16 Å². The van der Waals surface area contributed by atoms with Crippen LogP contribution >= 0.6 is 23.4 Å². The molecule has 0 N–H and O–H groups in total. The number of halogens is 1. The molecule has 3 rings (SSSR count). The molecule has 0 saturated heterocycles. The van der Waals surface area contributed by atoms with Crippen LogP contribution in [0, 0.1) is 12.3 Å². The molecule has 28 heavy (non-hydrogen) atoms. The first-order chi connectivity index (χ1) is 13.3. The average molecular weight is 424 g/mol. The average Bonchev–Trinajstić information content (AvgIpc) is 3.09. The predicted octanol–water partition coefficient (Wildman–Crippen LogP) is 3.99. The number of thioether (sulfide) groups is 1. The van der Waals surface area contributed by atoms with E-state index in [0.29, 0.717) is 40.9 Å². The van der Waals surface area contributed by atoms with Gasteiger partial charge >= 0.3 is 5.97 Å². The van der Waals surface area contributed by atoms with Gasteiger partial charge in [-0.25, -0.2) is 4.98 Å². The van der Waals surface area contributed by atoms with E-state index in [4.69, 9.17) is 25.8 Å². The highest BCUT2D eigenvalue weighted by molar-refractivity contribution is 7.98. The Morgan fingerprint density at radius 1 is 1.36 bits per heavy atom. The number of hydrogen-bond acceptors (Lipinski definition) is 8. The lowest BCUT2D eigenvalue weighted by Gasteiger charge is -2.17. The van der Waals surface area contributed by atoms with Gasteiger partial charge in [-0.3, -0.25) is 4.79 Å². The van der Waals surface area contributed by atoms with Crippen LogP contribution in [0.15, 0.2) is 17.4 Å². The number of fused-ring (bicyclic) bond motifs is 1. The Kier molecular flexibility index (Phi) is 6.30. The van der Waals surface area contributed by atoms with E-state index < -0.39 is 5.41 Å². The number of nitrogens with zero attached hydrogens (tertiary/aromatic N) is 3. The van der Waals surface area contributed by atoms with Crippen LogP contribution < -0.4 is 9.47 Å². The van der Waals surface area contributed by atoms with Gasteiger partial charge in [-0.15, -0.1) is 0 Å². The monoisotopic (exact) mass is 423 g/mol. The van der Waals surface area contributed by atoms with Crippen LogP contribution in [-0.4, -0.2) is 34.3 Å². The van der Waals surface area contributed by atoms with Gasteiger partial charge in [0.1, 0.15) is 5.15 Å². The Morgan fingerprint density at radius 3 is 2.86 bits per heavy atom. The second kappa shape index (κ2) is 8.53. The number of pyridine rings is 1. The van der Waals surface area contributed by atoms with Crippen LogP contribution in [0.5, 0.6) is 11.8 Å². The molecule has 0 aromatic carbocycles. The second-order valence-electron chi connectivity index (χ2n) is 7.32. The molecule has 0 aliphatic carbocycles. The number of hydrogen-bond donors (Lipinski definition) is 0. The molecule has 0 bridgehead atoms. The Labute approximate surface area is 173 Å². The predicted molar refractivity (Wildman–Crippen MR) is 106 cm³/mol. The van der Waals surface area contributed by atoms with E-state index >= 15 is 0 Å². The van der Waals surface area contributed by atoms with Crippen molar-refractivity contribution in [1.82, 2.24) is 15.0 Å². The Morgan fingerprint density at radius 2 is 2.14 bits per heavy atom. The molecular formula is C19H22ClN3O4S. The molecule has 7 nitrogen and oxygen atoms in total. The molecule has 150 valence electrons. The molecule has 2 aromatic rings. The summed E-state index contributed by atoms with van der Waals surface area (Å²) in [5.41, 5.74) is 2.17. The number of esters is 1. The molecule has 0 unspecified atom stereocenters. The zero-order valence-corrected chi connectivity index (χ0v) is 17.8. The van der Waals surface area contributed by atoms with Crippen LogP contribution in [0.4, 0.5) is 0 Å². The molecule has 0 spiro atoms. The van der Waals surface area contributed by atoms with Crippen molar-refractivity contribution >= 4 is 29.3 Å². The molecule has 0 atom stereocenters. The van der Waals surface area contributed by atoms with Crippen LogP contribution in [0.1, 0.15) is 37.5 Å². The summed E-state index contributed by atoms with van der Waals surface area (Å²) in [4.78, 5) is 24.9. The maximum Gasteiger partial charge on any atom is 0.314 e. The van der Waals surface area contributed by atoms with Crippen molar-refractivity contribution in [3.63, 3.8) is 0 Å². The van der Waals surface area contributed by atoms with E-state index in [0.717, 1.165) is 16.7 Å². The van der Waals surface area contributed by atoms with E-state index in [1.165, 1.54) is 11.8 Å². The summed E-state index contributed by atoms with van der Waals surface area (Å²) in [7, 11) is 0. The van der Waals surface area contributed by atoms with Gasteiger partial charge in [0.05, 0.1) is 17.6 Å². The zero-order chi connectivity index (χ0) is 20.3. The van der Waals surface area contributed by atoms with E-state index in [1.54, 1.807) is 27.0 Å². The fourth-order valence-electron chi connectivity index (χ4n) is 2.41. The summed E-state index contributed by atoms with van der Waals surface area (Å²) in [5.74, 6) is 1.10. The van der Waals surface area contributed by atoms with Gasteiger partial charge in [0.2, 0.25) is 18.6 Å². The summed E-state index contributed by atoms with van der Waals surface area (Å²) in [6, 6.07) is 1.91. The lowest BCUT2D eigenvalue weighted by molar-refractivity contribution is -0.159. The smallest absolute Gasteiger partial charge is 0.314 e. The molecule has 0 amide bonds. The van der Waals surface area contributed by atoms with Crippen LogP contribution in [0.25, 0.3) is 0 Å². The summed E-state index contributed by atoms with van der Waals surface area (Å²) in [6.07, 6.45) is 2.33. The fourth-order valence-corrected chi connectivity index (χ4v) is 3.70. The van der Waals surface area contributed by atoms with E-state index in [-0.39, 0.29) is 12.8 Å². The third-order valence-electron chi connectivity index (χ3n) is 4.08. The molecule has 9 heteroatoms. The summed E-state index contributed by atoms with van der Waals surface area (Å²) < 4.78 is 16.4. The minimum Gasteiger partial charge on any atom is -0.477 e. The van der Waals surface area contributed by atoms with Crippen LogP contribution in [0.3, 0.4) is 0 Å². The van der Waals surface area contributed by atoms with Crippen molar-refractivity contribution in [2.75, 3.05) is 13.4 Å². The lowest BCUT2D eigenvalue weighted by atomic mass is 9.98. The number of aryl methyl sites for hydroxylation is 1. The molecule has 1 aliphatic heterocycles. The molecule has 2 aromatic heterocycles. The van der Waals surface area contributed by atoms with Crippen molar-refractivity contribution in [3.05, 3.63) is 34.1 Å². The SMILES string of the molecule is Cc1ccnc(Cl)c1CSc1nc2c(c(OCOC(=O)C(C)(C)C)n1)CCO2. The maximum absolute atomic E-state index is 11.9. The standard InChI is InChI=1S/C19H22ClN3O4S/c1-11-5-7-21-14(20)13(11)9-28-18-22-15-12(6-8-25-15)16(23-18)26-10-27-17(24)19(2,3)4/h5,7H,6,8-10H2,1-4H3. The van der Waals surface area contributed by atoms with Crippen molar-refractivity contribution in [3.8, 4) is 11.8 Å². The molecule has 0 saturated carbocycles. The quantitative estimate of drug-likeness (QED) is 0.227. The Bertz CT molecular complexity index is 866. The zero-order valence-electron chi connectivity index (χ0n) is 16.2. The van der Waals surface area contributed by atoms with Crippen molar-refractivity contribution in [2.45, 2.75) is 45.0 Å². The number of carbonyl (C=O) groups is 1. The third-order valence-corrected chi connectivity index (χ3v) is 5.28. The minimum absolute atomic E-state index is 0.211. The fraction of sp³-hybridized carbons (Fsp3) is 0.474. The molecule has 1 aliphatic rings. The van der Waals surface area contributed by atoms with E-state index in [2.05, 4.69) is 15.0 Å². The van der Waals surface area contributed by atoms with Gasteiger partial charge in [-0.05, 0) is 39.3 Å². The highest BCUT2D eigenvalue weighted by atomic mass is 35.5. The van der Waals surface area contributed by atoms with Crippen molar-refractivity contribution in [1.29, 1.82) is 0 Å². The Hall–Kier alpha value is -2.06. The highest BCUT2D eigenvalue weighted by Gasteiger charge is 2.25. The number of rotatable bonds is 6. The van der Waals surface area contributed by atoms with Gasteiger partial charge < -0.3 is 14.2 Å². The summed E-state index contributed by atoms with van der Waals surface area (Å²) in [5, 5.41) is 0.965. The van der Waals surface area contributed by atoms with Crippen LogP contribution in [0.2, 0.25) is 5.15 Å². The van der Waals surface area contributed by atoms with Gasteiger partial charge in [-0.1, -0.05) is 23.4 Å². The molecule has 0 fully saturated rings. The first-order valence-corrected chi connectivity index (χ1v) is 10.2. The van der Waals surface area contributed by atoms with E-state index in [1.807, 2.05) is 13.0 Å². The van der Waals surface area contributed by atoms with E-state index in [9.17, 15) is 4.79 Å². The highest BCUT2D eigenvalue weighted by Crippen LogP contribution is 2.34. The first kappa shape index (κ1) is 20.7. The third kappa shape index (κ3) is 4.86. The molecule has 0 radical (unpaired) electrons. The first-order valence-electron chi connectivity index (χ1n) is 8.82. The topological polar surface area (TPSA) is 83.4 Å². The van der Waals surface area contributed by atoms with Gasteiger partial charge in [0.25, 0.3) is 0 Å². The van der Waals surface area contributed by atoms with Crippen molar-refractivity contribution in [2.24, 2.45) is 5.41 Å². The normalized spacial score (nSPS) is 13.0. The number of ether oxygens (including phenoxy) is 3. The van der Waals surface area contributed by atoms with Crippen LogP contribution in [-0.2, 0) is 21.7 Å². The van der Waals surface area contributed by atoms with Crippen molar-refractivity contribution < 1.29 is 19.0 Å². The summed E-state index contributed by atoms with van der Waals surface area (Å²) in [6.45, 7) is 7.64. The maximum atomic E-state index is 11.9.